The number of carbonyl (C=O) groups is 1. The van der Waals surface area contributed by atoms with Gasteiger partial charge in [0.25, 0.3) is 5.56 Å². The lowest BCUT2D eigenvalue weighted by atomic mass is 10.1. The molecule has 1 N–H and O–H groups in total. The van der Waals surface area contributed by atoms with Crippen LogP contribution >= 0.6 is 0 Å². The zero-order valence-electron chi connectivity index (χ0n) is 18.8. The molecule has 0 spiro atoms. The first kappa shape index (κ1) is 23.3. The number of pyridine rings is 1. The Labute approximate surface area is 193 Å². The number of amides is 1. The smallest absolute Gasteiger partial charge is 0.324 e. The van der Waals surface area contributed by atoms with Gasteiger partial charge in [0.1, 0.15) is 11.7 Å². The summed E-state index contributed by atoms with van der Waals surface area (Å²) >= 11 is 0. The quantitative estimate of drug-likeness (QED) is 0.426. The molecule has 0 aliphatic heterocycles. The Morgan fingerprint density at radius 3 is 2.41 bits per heavy atom. The minimum atomic E-state index is -4.54. The highest BCUT2D eigenvalue weighted by molar-refractivity contribution is 5.95. The molecule has 34 heavy (non-hydrogen) atoms. The van der Waals surface area contributed by atoms with Crippen LogP contribution in [-0.2, 0) is 11.0 Å². The maximum absolute atomic E-state index is 13.3. The van der Waals surface area contributed by atoms with Gasteiger partial charge in [0, 0.05) is 17.1 Å². The highest BCUT2D eigenvalue weighted by Crippen LogP contribution is 2.31. The fourth-order valence-electron chi connectivity index (χ4n) is 4.17. The van der Waals surface area contributed by atoms with Crippen LogP contribution in [0.25, 0.3) is 16.7 Å². The molecular formula is C25H23F3N4O2. The van der Waals surface area contributed by atoms with Crippen LogP contribution in [-0.4, -0.2) is 20.3 Å². The topological polar surface area (TPSA) is 68.9 Å². The first-order valence-corrected chi connectivity index (χ1v) is 10.8. The predicted octanol–water partition coefficient (Wildman–Crippen LogP) is 5.41. The van der Waals surface area contributed by atoms with Crippen molar-refractivity contribution in [1.82, 2.24) is 14.3 Å². The summed E-state index contributed by atoms with van der Waals surface area (Å²) in [6.45, 7) is 5.37. The lowest BCUT2D eigenvalue weighted by molar-refractivity contribution is -0.137. The van der Waals surface area contributed by atoms with Gasteiger partial charge in [0.2, 0.25) is 5.91 Å². The molecule has 2 aromatic heterocycles. The molecule has 1 unspecified atom stereocenters. The van der Waals surface area contributed by atoms with E-state index < -0.39 is 29.2 Å². The Bertz CT molecular complexity index is 1420. The number of nitrogens with zero attached hydrogens (tertiary/aromatic N) is 3. The first-order chi connectivity index (χ1) is 16.1. The van der Waals surface area contributed by atoms with Crippen LogP contribution in [0.5, 0.6) is 0 Å². The van der Waals surface area contributed by atoms with Crippen LogP contribution in [0.15, 0.2) is 65.5 Å². The van der Waals surface area contributed by atoms with Crippen molar-refractivity contribution >= 4 is 22.6 Å². The summed E-state index contributed by atoms with van der Waals surface area (Å²) in [6.07, 6.45) is -4.30. The number of rotatable bonds is 5. The third-order valence-corrected chi connectivity index (χ3v) is 5.70. The van der Waals surface area contributed by atoms with Crippen molar-refractivity contribution < 1.29 is 18.0 Å². The Kier molecular flexibility index (Phi) is 6.03. The van der Waals surface area contributed by atoms with E-state index in [1.54, 1.807) is 11.6 Å². The molecule has 0 saturated heterocycles. The van der Waals surface area contributed by atoms with Crippen molar-refractivity contribution in [2.45, 2.75) is 39.4 Å². The van der Waals surface area contributed by atoms with E-state index in [0.29, 0.717) is 17.0 Å². The minimum absolute atomic E-state index is 0.00225. The molecule has 1 amide bonds. The van der Waals surface area contributed by atoms with E-state index in [-0.39, 0.29) is 12.1 Å². The Balaban J connectivity index is 1.85. The zero-order valence-corrected chi connectivity index (χ0v) is 18.8. The third-order valence-electron chi connectivity index (χ3n) is 5.70. The Hall–Kier alpha value is -3.88. The number of alkyl halides is 3. The summed E-state index contributed by atoms with van der Waals surface area (Å²) in [5.74, 6) is -0.590. The van der Waals surface area contributed by atoms with Crippen LogP contribution in [0.2, 0.25) is 0 Å². The minimum Gasteiger partial charge on any atom is -0.324 e. The second-order valence-corrected chi connectivity index (χ2v) is 8.06. The van der Waals surface area contributed by atoms with E-state index in [2.05, 4.69) is 10.4 Å². The number of fused-ring (bicyclic) bond motifs is 1. The second kappa shape index (κ2) is 8.81. The van der Waals surface area contributed by atoms with Crippen LogP contribution in [0.4, 0.5) is 18.9 Å². The maximum atomic E-state index is 13.3. The van der Waals surface area contributed by atoms with Gasteiger partial charge in [-0.2, -0.15) is 18.3 Å². The molecule has 2 aromatic carbocycles. The molecule has 0 fully saturated rings. The van der Waals surface area contributed by atoms with Crippen LogP contribution in [0.3, 0.4) is 0 Å². The number of hydrogen-bond acceptors (Lipinski definition) is 3. The van der Waals surface area contributed by atoms with Gasteiger partial charge in [-0.1, -0.05) is 31.2 Å². The number of aryl methyl sites for hydroxylation is 2. The second-order valence-electron chi connectivity index (χ2n) is 8.06. The van der Waals surface area contributed by atoms with E-state index in [1.165, 1.54) is 22.8 Å². The first-order valence-electron chi connectivity index (χ1n) is 10.8. The summed E-state index contributed by atoms with van der Waals surface area (Å²) in [5.41, 5.74) is 1.33. The maximum Gasteiger partial charge on any atom is 0.416 e. The van der Waals surface area contributed by atoms with Crippen LogP contribution < -0.4 is 10.9 Å². The van der Waals surface area contributed by atoms with E-state index in [9.17, 15) is 22.8 Å². The highest BCUT2D eigenvalue weighted by atomic mass is 19.4. The normalized spacial score (nSPS) is 12.6. The number of aromatic nitrogens is 3. The van der Waals surface area contributed by atoms with E-state index in [4.69, 9.17) is 0 Å². The lowest BCUT2D eigenvalue weighted by Crippen LogP contribution is -2.34. The van der Waals surface area contributed by atoms with Crippen molar-refractivity contribution in [3.63, 3.8) is 0 Å². The average Bonchev–Trinajstić information content (AvgIpc) is 3.14. The number of hydrogen-bond donors (Lipinski definition) is 1. The summed E-state index contributed by atoms with van der Waals surface area (Å²) in [4.78, 5) is 26.4. The summed E-state index contributed by atoms with van der Waals surface area (Å²) in [7, 11) is 0. The zero-order chi connectivity index (χ0) is 24.6. The molecule has 4 aromatic rings. The molecule has 0 bridgehead atoms. The molecule has 4 rings (SSSR count). The molecule has 0 radical (unpaired) electrons. The van der Waals surface area contributed by atoms with Gasteiger partial charge in [-0.25, -0.2) is 4.68 Å². The van der Waals surface area contributed by atoms with E-state index in [0.717, 1.165) is 23.1 Å². The van der Waals surface area contributed by atoms with E-state index in [1.807, 2.05) is 44.2 Å². The fourth-order valence-corrected chi connectivity index (χ4v) is 4.17. The van der Waals surface area contributed by atoms with Crippen molar-refractivity contribution in [3.8, 4) is 5.69 Å². The predicted molar refractivity (Wildman–Crippen MR) is 124 cm³/mol. The van der Waals surface area contributed by atoms with Crippen molar-refractivity contribution in [2.75, 3.05) is 5.32 Å². The fraction of sp³-hybridized carbons (Fsp3) is 0.240. The van der Waals surface area contributed by atoms with Crippen molar-refractivity contribution in [1.29, 1.82) is 0 Å². The lowest BCUT2D eigenvalue weighted by Gasteiger charge is -2.21. The summed E-state index contributed by atoms with van der Waals surface area (Å²) < 4.78 is 42.3. The number of halogens is 3. The average molecular weight is 468 g/mol. The van der Waals surface area contributed by atoms with Gasteiger partial charge in [-0.15, -0.1) is 0 Å². The molecule has 9 heteroatoms. The molecule has 6 nitrogen and oxygen atoms in total. The van der Waals surface area contributed by atoms with Crippen LogP contribution in [0, 0.1) is 13.8 Å². The SMILES string of the molecule is CCC(C(=O)Nc1cccc(C(F)(F)F)c1)n1c(=O)cc(C)c2c(C)nn(-c3ccccc3)c21. The summed E-state index contributed by atoms with van der Waals surface area (Å²) in [6, 6.07) is 14.1. The summed E-state index contributed by atoms with van der Waals surface area (Å²) in [5, 5.41) is 7.91. The molecule has 2 heterocycles. The number of carbonyl (C=O) groups excluding carboxylic acids is 1. The van der Waals surface area contributed by atoms with Crippen LogP contribution in [0.1, 0.15) is 36.2 Å². The molecule has 1 atom stereocenters. The van der Waals surface area contributed by atoms with Gasteiger partial charge < -0.3 is 5.32 Å². The van der Waals surface area contributed by atoms with Crippen molar-refractivity contribution in [2.24, 2.45) is 0 Å². The number of benzene rings is 2. The van der Waals surface area contributed by atoms with Gasteiger partial charge in [0.15, 0.2) is 0 Å². The monoisotopic (exact) mass is 468 g/mol. The van der Waals surface area contributed by atoms with Gasteiger partial charge in [-0.3, -0.25) is 14.2 Å². The number of nitrogens with one attached hydrogen (secondary N) is 1. The van der Waals surface area contributed by atoms with Gasteiger partial charge in [0.05, 0.1) is 16.9 Å². The number of para-hydroxylation sites is 1. The Morgan fingerprint density at radius 1 is 1.06 bits per heavy atom. The largest absolute Gasteiger partial charge is 0.416 e. The molecule has 0 saturated carbocycles. The Morgan fingerprint density at radius 2 is 1.76 bits per heavy atom. The molecule has 0 aliphatic carbocycles. The number of anilines is 1. The van der Waals surface area contributed by atoms with Crippen molar-refractivity contribution in [3.05, 3.63) is 87.8 Å². The van der Waals surface area contributed by atoms with Gasteiger partial charge >= 0.3 is 6.18 Å². The molecular weight excluding hydrogens is 445 g/mol. The highest BCUT2D eigenvalue weighted by Gasteiger charge is 2.31. The third kappa shape index (κ3) is 4.21. The standard InChI is InChI=1S/C25H23F3N4O2/c1-4-20(23(34)29-18-10-8-9-17(14-18)25(26,27)28)31-21(33)13-15(2)22-16(3)30-32(24(22)31)19-11-6-5-7-12-19/h5-14,20H,4H2,1-3H3,(H,29,34). The molecule has 0 aliphatic rings. The van der Waals surface area contributed by atoms with Gasteiger partial charge in [-0.05, 0) is 56.2 Å². The van der Waals surface area contributed by atoms with E-state index >= 15 is 0 Å². The molecule has 176 valence electrons.